The number of hydrogen-bond acceptors (Lipinski definition) is 6. The predicted molar refractivity (Wildman–Crippen MR) is 127 cm³/mol. The lowest BCUT2D eigenvalue weighted by molar-refractivity contribution is -0.119. The molecule has 0 radical (unpaired) electrons. The van der Waals surface area contributed by atoms with Crippen molar-refractivity contribution >= 4 is 33.2 Å². The minimum Gasteiger partial charge on any atom is -0.485 e. The van der Waals surface area contributed by atoms with Crippen LogP contribution < -0.4 is 14.5 Å². The molecule has 1 aliphatic heterocycles. The van der Waals surface area contributed by atoms with Crippen molar-refractivity contribution in [1.82, 2.24) is 4.98 Å². The highest BCUT2D eigenvalue weighted by Crippen LogP contribution is 2.56. The SMILES string of the molecule is CC1CC12C(=O)N(c1ccc(S(=O)(=O)C(F)(F)F)cc1)C(=O)N2c1ccncc1OCc1ccccc1. The van der Waals surface area contributed by atoms with Crippen LogP contribution in [0.2, 0.25) is 0 Å². The van der Waals surface area contributed by atoms with Crippen LogP contribution in [-0.4, -0.2) is 36.4 Å². The first-order valence-electron chi connectivity index (χ1n) is 11.2. The number of nitrogens with zero attached hydrogens (tertiary/aromatic N) is 3. The molecule has 1 aliphatic carbocycles. The molecule has 2 unspecified atom stereocenters. The summed E-state index contributed by atoms with van der Waals surface area (Å²) in [5, 5.41) is 0. The van der Waals surface area contributed by atoms with Crippen LogP contribution in [0.25, 0.3) is 0 Å². The third-order valence-electron chi connectivity index (χ3n) is 6.58. The highest BCUT2D eigenvalue weighted by molar-refractivity contribution is 7.92. The molecule has 37 heavy (non-hydrogen) atoms. The second-order valence-electron chi connectivity index (χ2n) is 8.85. The van der Waals surface area contributed by atoms with Gasteiger partial charge in [-0.05, 0) is 48.2 Å². The fourth-order valence-corrected chi connectivity index (χ4v) is 5.28. The summed E-state index contributed by atoms with van der Waals surface area (Å²) in [6, 6.07) is 13.6. The number of amides is 3. The van der Waals surface area contributed by atoms with Gasteiger partial charge >= 0.3 is 11.5 Å². The van der Waals surface area contributed by atoms with Gasteiger partial charge in [0.25, 0.3) is 15.7 Å². The van der Waals surface area contributed by atoms with Crippen LogP contribution in [-0.2, 0) is 21.2 Å². The number of alkyl halides is 3. The van der Waals surface area contributed by atoms with Gasteiger partial charge in [-0.2, -0.15) is 13.2 Å². The highest BCUT2D eigenvalue weighted by atomic mass is 32.2. The molecule has 1 spiro atoms. The molecular weight excluding hydrogens is 511 g/mol. The number of pyridine rings is 1. The van der Waals surface area contributed by atoms with E-state index in [1.807, 2.05) is 37.3 Å². The van der Waals surface area contributed by atoms with Gasteiger partial charge < -0.3 is 4.74 Å². The van der Waals surface area contributed by atoms with Gasteiger partial charge in [-0.15, -0.1) is 0 Å². The summed E-state index contributed by atoms with van der Waals surface area (Å²) in [6.07, 6.45) is 3.27. The van der Waals surface area contributed by atoms with E-state index in [0.29, 0.717) is 12.1 Å². The lowest BCUT2D eigenvalue weighted by Crippen LogP contribution is -2.39. The van der Waals surface area contributed by atoms with Gasteiger partial charge in [0.05, 0.1) is 22.5 Å². The first-order chi connectivity index (χ1) is 17.5. The zero-order valence-electron chi connectivity index (χ0n) is 19.3. The minimum atomic E-state index is -5.57. The van der Waals surface area contributed by atoms with E-state index in [9.17, 15) is 31.2 Å². The lowest BCUT2D eigenvalue weighted by atomic mass is 10.1. The Morgan fingerprint density at radius 2 is 1.70 bits per heavy atom. The van der Waals surface area contributed by atoms with Gasteiger partial charge in [0.2, 0.25) is 0 Å². The van der Waals surface area contributed by atoms with E-state index in [4.69, 9.17) is 4.74 Å². The zero-order valence-corrected chi connectivity index (χ0v) is 20.2. The molecule has 8 nitrogen and oxygen atoms in total. The number of rotatable bonds is 6. The van der Waals surface area contributed by atoms with Gasteiger partial charge in [-0.3, -0.25) is 14.7 Å². The third-order valence-corrected chi connectivity index (χ3v) is 8.08. The van der Waals surface area contributed by atoms with Crippen LogP contribution in [0.4, 0.5) is 29.3 Å². The van der Waals surface area contributed by atoms with Crippen molar-refractivity contribution in [3.05, 3.63) is 78.6 Å². The third kappa shape index (κ3) is 3.91. The zero-order chi connectivity index (χ0) is 26.6. The Bertz CT molecular complexity index is 1480. The van der Waals surface area contributed by atoms with Gasteiger partial charge in [-0.1, -0.05) is 37.3 Å². The standard InChI is InChI=1S/C25H20F3N3O5S/c1-16-13-24(16)22(32)30(18-7-9-19(10-8-18)37(34,35)25(26,27)28)23(33)31(24)20-11-12-29-14-21(20)36-15-17-5-3-2-4-6-17/h2-12,14,16H,13,15H2,1H3. The molecule has 1 aromatic heterocycles. The molecule has 2 aromatic carbocycles. The number of benzene rings is 2. The van der Waals surface area contributed by atoms with E-state index in [1.165, 1.54) is 17.3 Å². The number of carbonyl (C=O) groups is 2. The maximum atomic E-state index is 13.6. The number of carbonyl (C=O) groups excluding carboxylic acids is 2. The summed E-state index contributed by atoms with van der Waals surface area (Å²) in [5.74, 6) is -0.476. The number of anilines is 2. The summed E-state index contributed by atoms with van der Waals surface area (Å²) < 4.78 is 68.1. The number of urea groups is 1. The normalized spacial score (nSPS) is 21.6. The molecule has 5 rings (SSSR count). The smallest absolute Gasteiger partial charge is 0.485 e. The quantitative estimate of drug-likeness (QED) is 0.428. The van der Waals surface area contributed by atoms with Crippen LogP contribution in [0, 0.1) is 5.92 Å². The van der Waals surface area contributed by atoms with E-state index < -0.39 is 37.7 Å². The molecule has 2 heterocycles. The topological polar surface area (TPSA) is 96.9 Å². The van der Waals surface area contributed by atoms with Crippen molar-refractivity contribution in [2.45, 2.75) is 35.9 Å². The number of ether oxygens (including phenoxy) is 1. The first-order valence-corrected chi connectivity index (χ1v) is 12.7. The molecular formula is C25H20F3N3O5S. The van der Waals surface area contributed by atoms with Gasteiger partial charge in [0.15, 0.2) is 5.75 Å². The van der Waals surface area contributed by atoms with Crippen molar-refractivity contribution < 1.29 is 35.9 Å². The van der Waals surface area contributed by atoms with Crippen molar-refractivity contribution in [1.29, 1.82) is 0 Å². The highest BCUT2D eigenvalue weighted by Gasteiger charge is 2.71. The van der Waals surface area contributed by atoms with Crippen LogP contribution in [0.1, 0.15) is 18.9 Å². The van der Waals surface area contributed by atoms with E-state index >= 15 is 0 Å². The minimum absolute atomic E-state index is 0.0436. The molecule has 2 atom stereocenters. The van der Waals surface area contributed by atoms with E-state index in [0.717, 1.165) is 34.7 Å². The summed E-state index contributed by atoms with van der Waals surface area (Å²) in [7, 11) is -5.57. The lowest BCUT2D eigenvalue weighted by Gasteiger charge is -2.24. The maximum Gasteiger partial charge on any atom is 0.501 e. The molecule has 2 aliphatic rings. The Balaban J connectivity index is 1.49. The number of sulfone groups is 1. The van der Waals surface area contributed by atoms with Crippen LogP contribution in [0.5, 0.6) is 5.75 Å². The number of imide groups is 1. The van der Waals surface area contributed by atoms with Gasteiger partial charge in [0, 0.05) is 6.20 Å². The fourth-order valence-electron chi connectivity index (χ4n) is 4.52. The fraction of sp³-hybridized carbons (Fsp3) is 0.240. The van der Waals surface area contributed by atoms with Crippen molar-refractivity contribution in [3.8, 4) is 5.75 Å². The van der Waals surface area contributed by atoms with Gasteiger partial charge in [-0.25, -0.2) is 18.1 Å². The average molecular weight is 532 g/mol. The van der Waals surface area contributed by atoms with Crippen molar-refractivity contribution in [2.75, 3.05) is 9.80 Å². The molecule has 0 N–H and O–H groups in total. The number of aromatic nitrogens is 1. The molecule has 0 bridgehead atoms. The van der Waals surface area contributed by atoms with Crippen LogP contribution in [0.15, 0.2) is 78.0 Å². The molecule has 12 heteroatoms. The molecule has 1 saturated carbocycles. The van der Waals surface area contributed by atoms with Crippen molar-refractivity contribution in [2.24, 2.45) is 5.92 Å². The summed E-state index contributed by atoms with van der Waals surface area (Å²) >= 11 is 0. The van der Waals surface area contributed by atoms with Crippen LogP contribution >= 0.6 is 0 Å². The second-order valence-corrected chi connectivity index (χ2v) is 10.8. The molecule has 2 fully saturated rings. The largest absolute Gasteiger partial charge is 0.501 e. The Morgan fingerprint density at radius 3 is 2.30 bits per heavy atom. The summed E-state index contributed by atoms with van der Waals surface area (Å²) in [4.78, 5) is 32.5. The average Bonchev–Trinajstić information content (AvgIpc) is 3.49. The molecule has 3 amide bonds. The van der Waals surface area contributed by atoms with Crippen molar-refractivity contribution in [3.63, 3.8) is 0 Å². The predicted octanol–water partition coefficient (Wildman–Crippen LogP) is 4.71. The maximum absolute atomic E-state index is 13.6. The molecule has 3 aromatic rings. The number of hydrogen-bond donors (Lipinski definition) is 0. The Morgan fingerprint density at radius 1 is 1.05 bits per heavy atom. The Hall–Kier alpha value is -3.93. The number of halogens is 3. The second kappa shape index (κ2) is 8.58. The van der Waals surface area contributed by atoms with E-state index in [1.54, 1.807) is 6.07 Å². The Labute approximate surface area is 210 Å². The molecule has 192 valence electrons. The van der Waals surface area contributed by atoms with Crippen LogP contribution in [0.3, 0.4) is 0 Å². The summed E-state index contributed by atoms with van der Waals surface area (Å²) in [5.41, 5.74) is -5.51. The van der Waals surface area contributed by atoms with Gasteiger partial charge in [0.1, 0.15) is 12.1 Å². The Kier molecular flexibility index (Phi) is 5.74. The molecule has 1 saturated heterocycles. The first kappa shape index (κ1) is 24.8. The van der Waals surface area contributed by atoms with E-state index in [-0.39, 0.29) is 24.0 Å². The monoisotopic (exact) mass is 531 g/mol. The summed E-state index contributed by atoms with van der Waals surface area (Å²) in [6.45, 7) is 2.00. The van der Waals surface area contributed by atoms with E-state index in [2.05, 4.69) is 4.98 Å².